The SMILES string of the molecule is CC(C)C[C@H](NC(=O)[C@H](CCCNC(=N)N)NC(=O)[C@H](CC(N)=O)NC(=O)[C@H](C)NC(=O)[C@H](CC(N)=O)NC(=O)[C@H](CCCNC(=N)N)NC(=O)[C@H](CC(C)C)NC(=O)[C@@H](NC(=O)[C@H](CCCCN)NC(=O)[C@H](Cc1ccccc1)NC(=O)[C@H](CCC(=O)O)NC(=O)CNC(=O)[C@H](CCC(=O)O)NC(=O)[C@H](C)N)[C@@H](C)O)C(=O)N[C@@H](CC(=O)O)C(=O)N1CCC[C@H]1C(=O)N[C@@H](C)C(=O)N[C@@H](CCCCN)C(=O)O. The van der Waals surface area contributed by atoms with E-state index in [1.807, 2.05) is 0 Å². The molecule has 1 aromatic rings. The molecule has 0 spiro atoms. The minimum absolute atomic E-state index is 0.00597. The molecule has 1 aromatic carbocycles. The van der Waals surface area contributed by atoms with E-state index >= 15 is 0 Å². The number of benzene rings is 1. The maximum absolute atomic E-state index is 14.7. The molecule has 800 valence electrons. The summed E-state index contributed by atoms with van der Waals surface area (Å²) in [4.78, 5) is 313. The third-order valence-electron chi connectivity index (χ3n) is 21.9. The lowest BCUT2D eigenvalue weighted by Gasteiger charge is -2.30. The molecule has 18 atom stereocenters. The van der Waals surface area contributed by atoms with Crippen LogP contribution >= 0.6 is 0 Å². The molecular weight excluding hydrogens is 1890 g/mol. The highest BCUT2D eigenvalue weighted by atomic mass is 16.4. The van der Waals surface area contributed by atoms with Gasteiger partial charge in [-0.15, -0.1) is 0 Å². The Morgan fingerprint density at radius 3 is 1.19 bits per heavy atom. The number of hydrogen-bond donors (Lipinski definition) is 32. The van der Waals surface area contributed by atoms with Crippen LogP contribution in [0.3, 0.4) is 0 Å². The molecule has 39 N–H and O–H groups in total. The van der Waals surface area contributed by atoms with Gasteiger partial charge in [0.1, 0.15) is 96.7 Å². The van der Waals surface area contributed by atoms with Crippen molar-refractivity contribution in [2.75, 3.05) is 39.3 Å². The van der Waals surface area contributed by atoms with Gasteiger partial charge in [0.15, 0.2) is 11.9 Å². The minimum atomic E-state index is -2.02. The van der Waals surface area contributed by atoms with E-state index in [0.717, 1.165) is 18.7 Å². The standard InChI is InChI=1S/C87H144N28O28/c1-42(2)35-55(79(136)113-60(40-67(124)125)84(141)115-34-18-25-61(115)82(139)101-46(7)70(127)107-54(85(142)143)22-13-15-31-89)109-73(130)50(23-16-32-97-86(93)94)106-81(138)59(39-63(92)118)108-71(128)45(6)100-77(134)58(38-62(91)117)111-74(131)51(24-17-33-98-87(95)96)105-78(135)56(36-43(3)4)112-83(140)68(47(8)116)114-76(133)49(21-12-14-30-88)104-80(137)57(37-48-19-10-9-11-20-48)110-75(132)53(27-29-66(122)123)102-64(119)41-99-72(129)52(26-28-65(120)121)103-69(126)44(5)90/h9-11,19-20,42-47,49-61,68,116H,12-18,21-41,88-90H2,1-8H3,(H2,91,117)(H2,92,118)(H,99,129)(H,100,134)(H,101,139)(H,102,119)(H,103,126)(H,104,137)(H,105,135)(H,106,138)(H,107,127)(H,108,128)(H,109,130)(H,110,132)(H,111,131)(H,112,140)(H,113,136)(H,114,133)(H,120,121)(H,122,123)(H,124,125)(H,142,143)(H4,93,94,97)(H4,95,96,98)/t44-,45-,46-,47+,49-,50-,51-,52-,53-,54-,55-,56-,57-,58-,59-,60-,61-,68-/m0/s1. The number of aliphatic hydroxyl groups excluding tert-OH is 1. The highest BCUT2D eigenvalue weighted by Crippen LogP contribution is 2.22. The van der Waals surface area contributed by atoms with Crippen molar-refractivity contribution in [1.29, 1.82) is 10.8 Å². The van der Waals surface area contributed by atoms with Gasteiger partial charge in [-0.25, -0.2) is 4.79 Å². The number of carbonyl (C=O) groups is 23. The summed E-state index contributed by atoms with van der Waals surface area (Å²) in [7, 11) is 0. The van der Waals surface area contributed by atoms with Crippen molar-refractivity contribution in [1.82, 2.24) is 101 Å². The summed E-state index contributed by atoms with van der Waals surface area (Å²) in [6, 6.07) is -20.2. The molecule has 1 aliphatic rings. The molecule has 0 saturated carbocycles. The number of primary amides is 2. The zero-order valence-corrected chi connectivity index (χ0v) is 81.3. The summed E-state index contributed by atoms with van der Waals surface area (Å²) in [5, 5.41) is 108. The van der Waals surface area contributed by atoms with E-state index in [1.165, 1.54) is 13.8 Å². The Hall–Kier alpha value is -14.6. The summed E-state index contributed by atoms with van der Waals surface area (Å²) in [6.45, 7) is 10.2. The maximum atomic E-state index is 14.7. The van der Waals surface area contributed by atoms with Crippen LogP contribution in [0.4, 0.5) is 0 Å². The number of rotatable bonds is 69. The van der Waals surface area contributed by atoms with Crippen LogP contribution < -0.4 is 136 Å². The first-order chi connectivity index (χ1) is 67.1. The number of guanidine groups is 2. The van der Waals surface area contributed by atoms with Gasteiger partial charge in [0.2, 0.25) is 112 Å². The Kier molecular flexibility index (Phi) is 56.3. The molecule has 0 aliphatic carbocycles. The van der Waals surface area contributed by atoms with Gasteiger partial charge in [-0.2, -0.15) is 0 Å². The first-order valence-corrected chi connectivity index (χ1v) is 46.7. The first kappa shape index (κ1) is 124. The Morgan fingerprint density at radius 1 is 0.385 bits per heavy atom. The molecule has 1 aliphatic heterocycles. The highest BCUT2D eigenvalue weighted by molar-refractivity contribution is 6.03. The van der Waals surface area contributed by atoms with E-state index in [2.05, 4.69) is 95.7 Å². The Balaban J connectivity index is 2.55. The van der Waals surface area contributed by atoms with Gasteiger partial charge >= 0.3 is 23.9 Å². The summed E-state index contributed by atoms with van der Waals surface area (Å²) in [5.41, 5.74) is 39.5. The number of carbonyl (C=O) groups excluding carboxylic acids is 19. The zero-order valence-electron chi connectivity index (χ0n) is 81.3. The van der Waals surface area contributed by atoms with Crippen molar-refractivity contribution in [3.63, 3.8) is 0 Å². The summed E-state index contributed by atoms with van der Waals surface area (Å²) < 4.78 is 0. The normalized spacial score (nSPS) is 15.7. The number of unbranched alkanes of at least 4 members (excludes halogenated alkanes) is 2. The average molecular weight is 2030 g/mol. The Labute approximate surface area is 824 Å². The third-order valence-corrected chi connectivity index (χ3v) is 21.9. The van der Waals surface area contributed by atoms with Gasteiger partial charge in [-0.1, -0.05) is 58.0 Å². The molecule has 56 nitrogen and oxygen atoms in total. The van der Waals surface area contributed by atoms with Crippen LogP contribution in [0.15, 0.2) is 30.3 Å². The number of nitrogens with zero attached hydrogens (tertiary/aromatic N) is 1. The van der Waals surface area contributed by atoms with Crippen molar-refractivity contribution in [2.45, 2.75) is 305 Å². The molecule has 1 saturated heterocycles. The second-order valence-electron chi connectivity index (χ2n) is 35.3. The fourth-order valence-electron chi connectivity index (χ4n) is 14.4. The number of aliphatic hydroxyl groups is 1. The van der Waals surface area contributed by atoms with Crippen LogP contribution in [0, 0.1) is 22.7 Å². The highest BCUT2D eigenvalue weighted by Gasteiger charge is 2.43. The van der Waals surface area contributed by atoms with Gasteiger partial charge in [-0.05, 0) is 161 Å². The fraction of sp³-hybridized carbons (Fsp3) is 0.644. The number of nitrogens with two attached hydrogens (primary N) is 7. The van der Waals surface area contributed by atoms with Gasteiger partial charge in [-0.3, -0.25) is 116 Å². The van der Waals surface area contributed by atoms with Gasteiger partial charge in [0.05, 0.1) is 38.0 Å². The van der Waals surface area contributed by atoms with E-state index in [9.17, 15) is 136 Å². The Morgan fingerprint density at radius 2 is 0.755 bits per heavy atom. The maximum Gasteiger partial charge on any atom is 0.326 e. The molecular formula is C87H144N28O28. The van der Waals surface area contributed by atoms with Crippen molar-refractivity contribution in [2.24, 2.45) is 52.0 Å². The molecule has 0 aromatic heterocycles. The summed E-state index contributed by atoms with van der Waals surface area (Å²) >= 11 is 0. The molecule has 1 fully saturated rings. The number of amides is 19. The van der Waals surface area contributed by atoms with Gasteiger partial charge < -0.3 is 166 Å². The number of aliphatic carboxylic acids is 4. The molecule has 143 heavy (non-hydrogen) atoms. The van der Waals surface area contributed by atoms with Crippen LogP contribution in [0.25, 0.3) is 0 Å². The monoisotopic (exact) mass is 2030 g/mol. The largest absolute Gasteiger partial charge is 0.481 e. The number of likely N-dealkylation sites (tertiary alicyclic amines) is 1. The van der Waals surface area contributed by atoms with Gasteiger partial charge in [0, 0.05) is 38.9 Å². The van der Waals surface area contributed by atoms with Crippen LogP contribution in [-0.2, 0) is 117 Å². The Bertz CT molecular complexity index is 4570. The van der Waals surface area contributed by atoms with Crippen molar-refractivity contribution < 1.29 is 136 Å². The van der Waals surface area contributed by atoms with E-state index in [-0.39, 0.29) is 116 Å². The van der Waals surface area contributed by atoms with Gasteiger partial charge in [0.25, 0.3) is 0 Å². The molecule has 2 rings (SSSR count). The average Bonchev–Trinajstić information content (AvgIpc) is 1.76. The smallest absolute Gasteiger partial charge is 0.326 e. The van der Waals surface area contributed by atoms with E-state index in [0.29, 0.717) is 18.4 Å². The lowest BCUT2D eigenvalue weighted by atomic mass is 10.0. The first-order valence-electron chi connectivity index (χ1n) is 46.7. The van der Waals surface area contributed by atoms with Crippen LogP contribution in [-0.4, -0.2) is 327 Å². The molecule has 1 heterocycles. The van der Waals surface area contributed by atoms with Crippen molar-refractivity contribution in [3.05, 3.63) is 35.9 Å². The van der Waals surface area contributed by atoms with Crippen molar-refractivity contribution >= 4 is 148 Å². The quantitative estimate of drug-likeness (QED) is 0.0164. The van der Waals surface area contributed by atoms with Crippen LogP contribution in [0.2, 0.25) is 0 Å². The van der Waals surface area contributed by atoms with Crippen LogP contribution in [0.1, 0.15) is 196 Å². The number of nitrogens with one attached hydrogen (secondary N) is 20. The minimum Gasteiger partial charge on any atom is -0.481 e. The van der Waals surface area contributed by atoms with E-state index in [4.69, 9.17) is 51.0 Å². The molecule has 0 bridgehead atoms. The lowest BCUT2D eigenvalue weighted by molar-refractivity contribution is -0.146. The van der Waals surface area contributed by atoms with Crippen LogP contribution in [0.5, 0.6) is 0 Å². The summed E-state index contributed by atoms with van der Waals surface area (Å²) in [5.74, 6) is -29.0. The summed E-state index contributed by atoms with van der Waals surface area (Å²) in [6.07, 6.45) is -7.85. The molecule has 0 unspecified atom stereocenters. The fourth-order valence-corrected chi connectivity index (χ4v) is 14.4. The zero-order chi connectivity index (χ0) is 108. The predicted octanol–water partition coefficient (Wildman–Crippen LogP) is -10.7. The topological polar surface area (TPSA) is 943 Å². The number of hydrogen-bond acceptors (Lipinski definition) is 29. The number of carboxylic acids is 4. The van der Waals surface area contributed by atoms with Crippen molar-refractivity contribution in [3.8, 4) is 0 Å². The second-order valence-corrected chi connectivity index (χ2v) is 35.3. The second kappa shape index (κ2) is 64.7. The molecule has 0 radical (unpaired) electrons. The molecule has 56 heteroatoms. The molecule has 19 amide bonds. The number of carboxylic acid groups (broad SMARTS) is 4. The lowest BCUT2D eigenvalue weighted by Crippen LogP contribution is -2.62. The van der Waals surface area contributed by atoms with E-state index < -0.39 is 320 Å². The van der Waals surface area contributed by atoms with E-state index in [1.54, 1.807) is 58.0 Å². The third kappa shape index (κ3) is 48.9. The predicted molar refractivity (Wildman–Crippen MR) is 508 cm³/mol.